The number of nitrogens with one attached hydrogen (secondary N) is 3. The van der Waals surface area contributed by atoms with Crippen LogP contribution < -0.4 is 20.7 Å². The summed E-state index contributed by atoms with van der Waals surface area (Å²) in [4.78, 5) is 34.4. The zero-order valence-corrected chi connectivity index (χ0v) is 13.8. The van der Waals surface area contributed by atoms with E-state index in [1.165, 1.54) is 13.3 Å². The van der Waals surface area contributed by atoms with Gasteiger partial charge in [0.2, 0.25) is 5.91 Å². The fraction of sp³-hybridized carbons (Fsp3) is 0.471. The van der Waals surface area contributed by atoms with Gasteiger partial charge in [0, 0.05) is 18.7 Å². The van der Waals surface area contributed by atoms with E-state index in [9.17, 15) is 14.4 Å². The zero-order chi connectivity index (χ0) is 17.4. The molecule has 4 amide bonds. The number of urea groups is 1. The molecule has 0 bridgehead atoms. The van der Waals surface area contributed by atoms with Gasteiger partial charge >= 0.3 is 6.03 Å². The topological polar surface area (TPSA) is 96.5 Å². The highest BCUT2D eigenvalue weighted by atomic mass is 16.5. The Hall–Kier alpha value is -2.57. The Balaban J connectivity index is 1.70. The summed E-state index contributed by atoms with van der Waals surface area (Å²) < 4.78 is 5.31. The molecule has 2 rings (SSSR count). The second-order valence-electron chi connectivity index (χ2n) is 5.85. The SMILES string of the molecule is CC(=O)Nc1ccc(OCC(=O)NC(=O)NC2CCCCC2)cc1. The second-order valence-corrected chi connectivity index (χ2v) is 5.85. The highest BCUT2D eigenvalue weighted by Crippen LogP contribution is 2.17. The summed E-state index contributed by atoms with van der Waals surface area (Å²) in [6.45, 7) is 1.17. The molecule has 0 unspecified atom stereocenters. The summed E-state index contributed by atoms with van der Waals surface area (Å²) >= 11 is 0. The maximum absolute atomic E-state index is 11.7. The van der Waals surface area contributed by atoms with Gasteiger partial charge in [-0.25, -0.2) is 4.79 Å². The number of hydrogen-bond acceptors (Lipinski definition) is 4. The van der Waals surface area contributed by atoms with Gasteiger partial charge in [-0.2, -0.15) is 0 Å². The van der Waals surface area contributed by atoms with Gasteiger partial charge in [-0.1, -0.05) is 19.3 Å². The molecule has 0 spiro atoms. The number of benzene rings is 1. The lowest BCUT2D eigenvalue weighted by atomic mass is 9.96. The van der Waals surface area contributed by atoms with Crippen LogP contribution in [0.5, 0.6) is 5.75 Å². The first-order valence-electron chi connectivity index (χ1n) is 8.14. The van der Waals surface area contributed by atoms with Gasteiger partial charge in [-0.15, -0.1) is 0 Å². The second kappa shape index (κ2) is 8.90. The molecule has 1 aromatic rings. The maximum atomic E-state index is 11.7. The van der Waals surface area contributed by atoms with Gasteiger partial charge in [-0.05, 0) is 37.1 Å². The molecule has 24 heavy (non-hydrogen) atoms. The molecule has 1 aromatic carbocycles. The van der Waals surface area contributed by atoms with Gasteiger partial charge in [0.25, 0.3) is 5.91 Å². The molecule has 1 saturated carbocycles. The lowest BCUT2D eigenvalue weighted by molar-refractivity contribution is -0.122. The van der Waals surface area contributed by atoms with Crippen molar-refractivity contribution in [2.45, 2.75) is 45.1 Å². The van der Waals surface area contributed by atoms with Gasteiger partial charge < -0.3 is 15.4 Å². The van der Waals surface area contributed by atoms with Crippen LogP contribution in [-0.2, 0) is 9.59 Å². The minimum atomic E-state index is -0.505. The number of rotatable bonds is 5. The molecule has 3 N–H and O–H groups in total. The lowest BCUT2D eigenvalue weighted by Gasteiger charge is -2.22. The van der Waals surface area contributed by atoms with E-state index in [0.717, 1.165) is 25.7 Å². The van der Waals surface area contributed by atoms with E-state index in [1.807, 2.05) is 0 Å². The highest BCUT2D eigenvalue weighted by molar-refractivity contribution is 5.95. The average Bonchev–Trinajstić information content (AvgIpc) is 2.54. The minimum Gasteiger partial charge on any atom is -0.484 e. The van der Waals surface area contributed by atoms with Gasteiger partial charge in [0.05, 0.1) is 0 Å². The zero-order valence-electron chi connectivity index (χ0n) is 13.8. The Labute approximate surface area is 141 Å². The molecule has 1 aliphatic carbocycles. The van der Waals surface area contributed by atoms with Crippen LogP contribution in [0.3, 0.4) is 0 Å². The molecule has 0 radical (unpaired) electrons. The largest absolute Gasteiger partial charge is 0.484 e. The summed E-state index contributed by atoms with van der Waals surface area (Å²) in [6.07, 6.45) is 5.33. The fourth-order valence-electron chi connectivity index (χ4n) is 2.62. The summed E-state index contributed by atoms with van der Waals surface area (Å²) in [6, 6.07) is 6.29. The van der Waals surface area contributed by atoms with Crippen LogP contribution in [0.25, 0.3) is 0 Å². The third kappa shape index (κ3) is 6.28. The van der Waals surface area contributed by atoms with Crippen molar-refractivity contribution < 1.29 is 19.1 Å². The quantitative estimate of drug-likeness (QED) is 0.769. The third-order valence-corrected chi connectivity index (χ3v) is 3.74. The molecular weight excluding hydrogens is 310 g/mol. The van der Waals surface area contributed by atoms with Crippen molar-refractivity contribution in [2.75, 3.05) is 11.9 Å². The smallest absolute Gasteiger partial charge is 0.321 e. The first-order chi connectivity index (χ1) is 11.5. The monoisotopic (exact) mass is 333 g/mol. The van der Waals surface area contributed by atoms with Crippen molar-refractivity contribution in [1.82, 2.24) is 10.6 Å². The van der Waals surface area contributed by atoms with Gasteiger partial charge in [-0.3, -0.25) is 14.9 Å². The van der Waals surface area contributed by atoms with Crippen LogP contribution in [0.2, 0.25) is 0 Å². The van der Waals surface area contributed by atoms with E-state index in [0.29, 0.717) is 11.4 Å². The molecule has 7 nitrogen and oxygen atoms in total. The van der Waals surface area contributed by atoms with Crippen LogP contribution in [-0.4, -0.2) is 30.5 Å². The number of ether oxygens (including phenoxy) is 1. The van der Waals surface area contributed by atoms with E-state index in [1.54, 1.807) is 24.3 Å². The minimum absolute atomic E-state index is 0.147. The lowest BCUT2D eigenvalue weighted by Crippen LogP contribution is -2.46. The highest BCUT2D eigenvalue weighted by Gasteiger charge is 2.17. The van der Waals surface area contributed by atoms with E-state index in [-0.39, 0.29) is 18.6 Å². The first-order valence-corrected chi connectivity index (χ1v) is 8.14. The normalized spacial score (nSPS) is 14.5. The molecule has 7 heteroatoms. The van der Waals surface area contributed by atoms with E-state index in [2.05, 4.69) is 16.0 Å². The summed E-state index contributed by atoms with van der Waals surface area (Å²) in [7, 11) is 0. The molecule has 130 valence electrons. The Morgan fingerprint density at radius 2 is 1.75 bits per heavy atom. The standard InChI is InChI=1S/C17H23N3O4/c1-12(21)18-14-7-9-15(10-8-14)24-11-16(22)20-17(23)19-13-5-3-2-4-6-13/h7-10,13H,2-6,11H2,1H3,(H,18,21)(H2,19,20,22,23). The number of imide groups is 1. The Kier molecular flexibility index (Phi) is 6.60. The molecule has 0 aromatic heterocycles. The number of carbonyl (C=O) groups excluding carboxylic acids is 3. The fourth-order valence-corrected chi connectivity index (χ4v) is 2.62. The predicted octanol–water partition coefficient (Wildman–Crippen LogP) is 2.18. The summed E-state index contributed by atoms with van der Waals surface area (Å²) in [5, 5.41) is 7.71. The van der Waals surface area contributed by atoms with Crippen LogP contribution in [0.1, 0.15) is 39.0 Å². The Morgan fingerprint density at radius 3 is 2.38 bits per heavy atom. The van der Waals surface area contributed by atoms with Crippen LogP contribution >= 0.6 is 0 Å². The number of hydrogen-bond donors (Lipinski definition) is 3. The van der Waals surface area contributed by atoms with Crippen LogP contribution in [0.15, 0.2) is 24.3 Å². The third-order valence-electron chi connectivity index (χ3n) is 3.74. The van der Waals surface area contributed by atoms with Crippen LogP contribution in [0.4, 0.5) is 10.5 Å². The predicted molar refractivity (Wildman–Crippen MR) is 89.8 cm³/mol. The van der Waals surface area contributed by atoms with Crippen molar-refractivity contribution in [3.8, 4) is 5.75 Å². The Morgan fingerprint density at radius 1 is 1.08 bits per heavy atom. The maximum Gasteiger partial charge on any atom is 0.321 e. The molecule has 0 atom stereocenters. The van der Waals surface area contributed by atoms with E-state index < -0.39 is 11.9 Å². The van der Waals surface area contributed by atoms with Gasteiger partial charge in [0.15, 0.2) is 6.61 Å². The molecule has 1 fully saturated rings. The summed E-state index contributed by atoms with van der Waals surface area (Å²) in [5.74, 6) is -0.187. The Bertz CT molecular complexity index is 580. The van der Waals surface area contributed by atoms with E-state index >= 15 is 0 Å². The van der Waals surface area contributed by atoms with Crippen LogP contribution in [0, 0.1) is 0 Å². The molecule has 0 saturated heterocycles. The molecule has 0 aliphatic heterocycles. The van der Waals surface area contributed by atoms with Crippen molar-refractivity contribution in [3.63, 3.8) is 0 Å². The molecule has 1 aliphatic rings. The average molecular weight is 333 g/mol. The van der Waals surface area contributed by atoms with Crippen molar-refractivity contribution in [2.24, 2.45) is 0 Å². The van der Waals surface area contributed by atoms with E-state index in [4.69, 9.17) is 4.74 Å². The first kappa shape index (κ1) is 17.8. The molecule has 0 heterocycles. The van der Waals surface area contributed by atoms with Gasteiger partial charge in [0.1, 0.15) is 5.75 Å². The van der Waals surface area contributed by atoms with Crippen molar-refractivity contribution in [3.05, 3.63) is 24.3 Å². The van der Waals surface area contributed by atoms with Crippen molar-refractivity contribution >= 4 is 23.5 Å². The number of anilines is 1. The molecular formula is C17H23N3O4. The summed E-state index contributed by atoms with van der Waals surface area (Å²) in [5.41, 5.74) is 0.645. The van der Waals surface area contributed by atoms with Crippen molar-refractivity contribution in [1.29, 1.82) is 0 Å². The number of amides is 4. The number of carbonyl (C=O) groups is 3.